The molecule has 0 aliphatic carbocycles. The molecule has 20 heavy (non-hydrogen) atoms. The highest BCUT2D eigenvalue weighted by Gasteiger charge is 2.19. The third-order valence-electron chi connectivity index (χ3n) is 2.80. The largest absolute Gasteiger partial charge is 0.480 e. The molecule has 1 heterocycles. The van der Waals surface area contributed by atoms with Crippen molar-refractivity contribution in [2.24, 2.45) is 0 Å². The first-order valence-corrected chi connectivity index (χ1v) is 6.46. The number of nitrogens with one attached hydrogen (secondary N) is 2. The molecule has 0 fully saturated rings. The predicted octanol–water partition coefficient (Wildman–Crippen LogP) is 0.736. The summed E-state index contributed by atoms with van der Waals surface area (Å²) in [5, 5.41) is 22.5. The number of furan rings is 1. The topological polar surface area (TPSA) is 112 Å². The molecule has 2 atom stereocenters. The first-order chi connectivity index (χ1) is 9.52. The van der Waals surface area contributed by atoms with Crippen molar-refractivity contribution >= 4 is 12.0 Å². The first-order valence-electron chi connectivity index (χ1n) is 6.46. The van der Waals surface area contributed by atoms with Crippen LogP contribution in [0.25, 0.3) is 0 Å². The molecule has 0 spiro atoms. The van der Waals surface area contributed by atoms with Gasteiger partial charge in [0, 0.05) is 25.5 Å². The molecular weight excluding hydrogens is 264 g/mol. The third kappa shape index (κ3) is 5.75. The summed E-state index contributed by atoms with van der Waals surface area (Å²) in [4.78, 5) is 22.4. The maximum absolute atomic E-state index is 11.6. The summed E-state index contributed by atoms with van der Waals surface area (Å²) >= 11 is 0. The van der Waals surface area contributed by atoms with Crippen LogP contribution in [0, 0.1) is 0 Å². The van der Waals surface area contributed by atoms with Crippen molar-refractivity contribution in [1.29, 1.82) is 0 Å². The second kappa shape index (κ2) is 8.21. The fourth-order valence-electron chi connectivity index (χ4n) is 1.70. The van der Waals surface area contributed by atoms with Gasteiger partial charge in [-0.25, -0.2) is 9.59 Å². The number of carbonyl (C=O) groups is 2. The number of rotatable bonds is 8. The number of carboxylic acid groups (broad SMARTS) is 1. The van der Waals surface area contributed by atoms with E-state index in [-0.39, 0.29) is 19.1 Å². The van der Waals surface area contributed by atoms with Crippen molar-refractivity contribution in [3.05, 3.63) is 24.2 Å². The van der Waals surface area contributed by atoms with E-state index in [9.17, 15) is 9.59 Å². The minimum Gasteiger partial charge on any atom is -0.480 e. The van der Waals surface area contributed by atoms with Crippen LogP contribution in [-0.4, -0.2) is 40.9 Å². The van der Waals surface area contributed by atoms with Crippen LogP contribution in [0.5, 0.6) is 0 Å². The van der Waals surface area contributed by atoms with Crippen LogP contribution in [0.3, 0.4) is 0 Å². The first kappa shape index (κ1) is 16.0. The van der Waals surface area contributed by atoms with Crippen LogP contribution in [0.2, 0.25) is 0 Å². The Hall–Kier alpha value is -2.02. The van der Waals surface area contributed by atoms with Crippen molar-refractivity contribution in [2.45, 2.75) is 38.3 Å². The van der Waals surface area contributed by atoms with Crippen molar-refractivity contribution in [2.75, 3.05) is 6.61 Å². The summed E-state index contributed by atoms with van der Waals surface area (Å²) < 4.78 is 5.18. The molecule has 0 aliphatic heterocycles. The Balaban J connectivity index is 2.31. The Morgan fingerprint density at radius 3 is 2.65 bits per heavy atom. The van der Waals surface area contributed by atoms with Crippen molar-refractivity contribution in [3.63, 3.8) is 0 Å². The highest BCUT2D eigenvalue weighted by Crippen LogP contribution is 2.05. The van der Waals surface area contributed by atoms with Gasteiger partial charge in [0.15, 0.2) is 0 Å². The summed E-state index contributed by atoms with van der Waals surface area (Å²) in [6, 6.07) is 1.89. The number of amides is 2. The number of carbonyl (C=O) groups excluding carboxylic acids is 1. The molecule has 0 radical (unpaired) electrons. The quantitative estimate of drug-likeness (QED) is 0.562. The summed E-state index contributed by atoms with van der Waals surface area (Å²) in [6.45, 7) is 1.52. The lowest BCUT2D eigenvalue weighted by Gasteiger charge is -2.17. The van der Waals surface area contributed by atoms with E-state index in [1.807, 2.05) is 13.0 Å². The fourth-order valence-corrected chi connectivity index (χ4v) is 1.70. The lowest BCUT2D eigenvalue weighted by molar-refractivity contribution is -0.139. The molecule has 7 heteroatoms. The molecule has 7 nitrogen and oxygen atoms in total. The van der Waals surface area contributed by atoms with Gasteiger partial charge in [-0.05, 0) is 25.5 Å². The van der Waals surface area contributed by atoms with E-state index in [0.717, 1.165) is 5.76 Å². The number of carboxylic acids is 1. The molecule has 1 rings (SSSR count). The number of aliphatic hydroxyl groups is 1. The predicted molar refractivity (Wildman–Crippen MR) is 71.3 cm³/mol. The third-order valence-corrected chi connectivity index (χ3v) is 2.80. The Bertz CT molecular complexity index is 418. The van der Waals surface area contributed by atoms with E-state index in [0.29, 0.717) is 12.8 Å². The highest BCUT2D eigenvalue weighted by molar-refractivity contribution is 5.82. The van der Waals surface area contributed by atoms with E-state index in [1.165, 1.54) is 0 Å². The molecule has 0 saturated carbocycles. The SMILES string of the molecule is CC(CCc1ccco1)NC(=O)N[C@H](CCO)C(=O)O. The normalized spacial score (nSPS) is 13.5. The zero-order valence-electron chi connectivity index (χ0n) is 11.3. The number of urea groups is 1. The molecule has 0 saturated heterocycles. The van der Waals surface area contributed by atoms with Crippen LogP contribution in [0.1, 0.15) is 25.5 Å². The molecule has 4 N–H and O–H groups in total. The van der Waals surface area contributed by atoms with Crippen LogP contribution < -0.4 is 10.6 Å². The summed E-state index contributed by atoms with van der Waals surface area (Å²) in [6.07, 6.45) is 2.93. The van der Waals surface area contributed by atoms with Crippen molar-refractivity contribution in [1.82, 2.24) is 10.6 Å². The van der Waals surface area contributed by atoms with E-state index >= 15 is 0 Å². The Morgan fingerprint density at radius 2 is 2.10 bits per heavy atom. The highest BCUT2D eigenvalue weighted by atomic mass is 16.4. The van der Waals surface area contributed by atoms with E-state index in [1.54, 1.807) is 12.3 Å². The Labute approximate surface area is 117 Å². The van der Waals surface area contributed by atoms with Gasteiger partial charge in [-0.15, -0.1) is 0 Å². The van der Waals surface area contributed by atoms with Crippen molar-refractivity contribution in [3.8, 4) is 0 Å². The Kier molecular flexibility index (Phi) is 6.58. The summed E-state index contributed by atoms with van der Waals surface area (Å²) in [5.74, 6) is -0.333. The van der Waals surface area contributed by atoms with Crippen molar-refractivity contribution < 1.29 is 24.2 Å². The summed E-state index contributed by atoms with van der Waals surface area (Å²) in [5.41, 5.74) is 0. The molecular formula is C13H20N2O5. The zero-order chi connectivity index (χ0) is 15.0. The van der Waals surface area contributed by atoms with Gasteiger partial charge in [-0.1, -0.05) is 0 Å². The number of hydrogen-bond acceptors (Lipinski definition) is 4. The van der Waals surface area contributed by atoms with Gasteiger partial charge in [0.25, 0.3) is 0 Å². The average molecular weight is 284 g/mol. The minimum absolute atomic E-state index is 0.0243. The second-order valence-corrected chi connectivity index (χ2v) is 4.54. The molecule has 1 unspecified atom stereocenters. The van der Waals surface area contributed by atoms with Gasteiger partial charge < -0.3 is 25.3 Å². The van der Waals surface area contributed by atoms with E-state index < -0.39 is 18.0 Å². The smallest absolute Gasteiger partial charge is 0.326 e. The van der Waals surface area contributed by atoms with Crippen LogP contribution in [-0.2, 0) is 11.2 Å². The number of aliphatic carboxylic acids is 1. The lowest BCUT2D eigenvalue weighted by atomic mass is 10.1. The molecule has 112 valence electrons. The molecule has 0 bridgehead atoms. The lowest BCUT2D eigenvalue weighted by Crippen LogP contribution is -2.48. The van der Waals surface area contributed by atoms with Gasteiger partial charge in [-0.2, -0.15) is 0 Å². The van der Waals surface area contributed by atoms with Gasteiger partial charge in [0.2, 0.25) is 0 Å². The number of hydrogen-bond donors (Lipinski definition) is 4. The van der Waals surface area contributed by atoms with Gasteiger partial charge in [0.1, 0.15) is 11.8 Å². The fraction of sp³-hybridized carbons (Fsp3) is 0.538. The maximum atomic E-state index is 11.6. The van der Waals surface area contributed by atoms with E-state index in [4.69, 9.17) is 14.6 Å². The number of aryl methyl sites for hydroxylation is 1. The van der Waals surface area contributed by atoms with Gasteiger partial charge in [0.05, 0.1) is 6.26 Å². The number of aliphatic hydroxyl groups excluding tert-OH is 1. The van der Waals surface area contributed by atoms with Gasteiger partial charge >= 0.3 is 12.0 Å². The monoisotopic (exact) mass is 284 g/mol. The second-order valence-electron chi connectivity index (χ2n) is 4.54. The van der Waals surface area contributed by atoms with Crippen LogP contribution in [0.15, 0.2) is 22.8 Å². The molecule has 2 amide bonds. The standard InChI is InChI=1S/C13H20N2O5/c1-9(4-5-10-3-2-8-20-10)14-13(19)15-11(6-7-16)12(17)18/h2-3,8-9,11,16H,4-7H2,1H3,(H,17,18)(H2,14,15,19)/t9?,11-/m1/s1. The maximum Gasteiger partial charge on any atom is 0.326 e. The minimum atomic E-state index is -1.17. The molecule has 0 aromatic carbocycles. The van der Waals surface area contributed by atoms with Crippen LogP contribution in [0.4, 0.5) is 4.79 Å². The Morgan fingerprint density at radius 1 is 1.35 bits per heavy atom. The summed E-state index contributed by atoms with van der Waals surface area (Å²) in [7, 11) is 0. The molecule has 1 aromatic heterocycles. The zero-order valence-corrected chi connectivity index (χ0v) is 11.3. The van der Waals surface area contributed by atoms with Crippen LogP contribution >= 0.6 is 0 Å². The van der Waals surface area contributed by atoms with Gasteiger partial charge in [-0.3, -0.25) is 0 Å². The average Bonchev–Trinajstić information content (AvgIpc) is 2.88. The van der Waals surface area contributed by atoms with E-state index in [2.05, 4.69) is 10.6 Å². The molecule has 0 aliphatic rings. The molecule has 1 aromatic rings.